The first-order chi connectivity index (χ1) is 7.55. The Morgan fingerprint density at radius 2 is 2.06 bits per heavy atom. The van der Waals surface area contributed by atoms with Gasteiger partial charge in [0.1, 0.15) is 11.2 Å². The van der Waals surface area contributed by atoms with E-state index in [1.807, 2.05) is 0 Å². The van der Waals surface area contributed by atoms with Crippen molar-refractivity contribution in [3.63, 3.8) is 0 Å². The number of ether oxygens (including phenoxy) is 2. The van der Waals surface area contributed by atoms with E-state index < -0.39 is 0 Å². The molecule has 5 rings (SSSR count). The molecule has 16 heavy (non-hydrogen) atoms. The quantitative estimate of drug-likeness (QED) is 0.641. The Hall–Kier alpha value is 0.230. The summed E-state index contributed by atoms with van der Waals surface area (Å²) in [5.41, 5.74) is 0.329. The molecular formula is C12H17NO2S. The average Bonchev–Trinajstić information content (AvgIpc) is 2.80. The van der Waals surface area contributed by atoms with E-state index in [0.29, 0.717) is 22.6 Å². The van der Waals surface area contributed by atoms with E-state index in [2.05, 4.69) is 37.6 Å². The van der Waals surface area contributed by atoms with E-state index in [1.165, 1.54) is 6.42 Å². The monoisotopic (exact) mass is 239 g/mol. The van der Waals surface area contributed by atoms with Crippen molar-refractivity contribution >= 4 is 11.8 Å². The molecule has 5 fully saturated rings. The van der Waals surface area contributed by atoms with E-state index in [9.17, 15) is 0 Å². The predicted molar refractivity (Wildman–Crippen MR) is 60.5 cm³/mol. The fraction of sp³-hybridized carbons (Fsp3) is 1.00. The highest BCUT2D eigenvalue weighted by molar-refractivity contribution is 8.00. The van der Waals surface area contributed by atoms with Gasteiger partial charge in [0.05, 0.1) is 5.37 Å². The molecule has 0 aromatic carbocycles. The van der Waals surface area contributed by atoms with Crippen molar-refractivity contribution in [1.29, 1.82) is 0 Å². The van der Waals surface area contributed by atoms with Gasteiger partial charge in [-0.15, -0.1) is 11.8 Å². The fourth-order valence-corrected chi connectivity index (χ4v) is 7.31. The van der Waals surface area contributed by atoms with Crippen molar-refractivity contribution in [2.24, 2.45) is 23.7 Å². The van der Waals surface area contributed by atoms with Crippen molar-refractivity contribution in [3.8, 4) is 0 Å². The van der Waals surface area contributed by atoms with Gasteiger partial charge in [0.15, 0.2) is 5.79 Å². The van der Waals surface area contributed by atoms with Crippen molar-refractivity contribution in [1.82, 2.24) is 4.90 Å². The van der Waals surface area contributed by atoms with Crippen LogP contribution in [-0.4, -0.2) is 34.3 Å². The second-order valence-electron chi connectivity index (χ2n) is 6.41. The maximum Gasteiger partial charge on any atom is 0.173 e. The first-order valence-electron chi connectivity index (χ1n) is 6.31. The molecule has 4 aliphatic heterocycles. The highest BCUT2D eigenvalue weighted by Gasteiger charge is 2.80. The highest BCUT2D eigenvalue weighted by atomic mass is 32.2. The number of rotatable bonds is 0. The minimum atomic E-state index is -0.295. The lowest BCUT2D eigenvalue weighted by Gasteiger charge is -2.42. The Labute approximate surface area is 99.8 Å². The Kier molecular flexibility index (Phi) is 1.28. The molecule has 0 aromatic heterocycles. The summed E-state index contributed by atoms with van der Waals surface area (Å²) in [6.45, 7) is 4.45. The van der Waals surface area contributed by atoms with E-state index >= 15 is 0 Å². The number of thioether (sulfide) groups is 1. The number of likely N-dealkylation sites (tertiary alicyclic amines) is 1. The lowest BCUT2D eigenvalue weighted by Crippen LogP contribution is -2.49. The average molecular weight is 239 g/mol. The van der Waals surface area contributed by atoms with Gasteiger partial charge >= 0.3 is 0 Å². The zero-order valence-electron chi connectivity index (χ0n) is 9.84. The van der Waals surface area contributed by atoms with Gasteiger partial charge in [0.2, 0.25) is 0 Å². The molecule has 3 nitrogen and oxygen atoms in total. The summed E-state index contributed by atoms with van der Waals surface area (Å²) in [4.78, 5) is 2.48. The Morgan fingerprint density at radius 3 is 2.88 bits per heavy atom. The van der Waals surface area contributed by atoms with Gasteiger partial charge in [-0.2, -0.15) is 0 Å². The highest BCUT2D eigenvalue weighted by Crippen LogP contribution is 2.75. The van der Waals surface area contributed by atoms with Crippen molar-refractivity contribution < 1.29 is 9.47 Å². The Bertz CT molecular complexity index is 404. The minimum absolute atomic E-state index is 0.0676. The third-order valence-electron chi connectivity index (χ3n) is 5.91. The van der Waals surface area contributed by atoms with Crippen LogP contribution < -0.4 is 0 Å². The molecule has 8 unspecified atom stereocenters. The second-order valence-corrected chi connectivity index (χ2v) is 7.63. The van der Waals surface area contributed by atoms with Crippen LogP contribution in [0.5, 0.6) is 0 Å². The Morgan fingerprint density at radius 1 is 1.25 bits per heavy atom. The first kappa shape index (κ1) is 9.20. The smallest absolute Gasteiger partial charge is 0.173 e. The number of nitrogens with zero attached hydrogens (tertiary/aromatic N) is 1. The molecule has 0 radical (unpaired) electrons. The molecule has 88 valence electrons. The van der Waals surface area contributed by atoms with E-state index in [1.54, 1.807) is 0 Å². The van der Waals surface area contributed by atoms with Crippen LogP contribution >= 0.6 is 11.8 Å². The molecule has 5 aliphatic rings. The van der Waals surface area contributed by atoms with Crippen LogP contribution in [0.4, 0.5) is 0 Å². The number of hydrogen-bond acceptors (Lipinski definition) is 4. The van der Waals surface area contributed by atoms with Crippen LogP contribution in [0.3, 0.4) is 0 Å². The van der Waals surface area contributed by atoms with Gasteiger partial charge in [-0.25, -0.2) is 0 Å². The maximum absolute atomic E-state index is 6.39. The van der Waals surface area contributed by atoms with Gasteiger partial charge in [0, 0.05) is 17.8 Å². The van der Waals surface area contributed by atoms with Gasteiger partial charge in [-0.3, -0.25) is 4.90 Å². The molecule has 0 amide bonds. The zero-order chi connectivity index (χ0) is 10.9. The lowest BCUT2D eigenvalue weighted by atomic mass is 9.83. The summed E-state index contributed by atoms with van der Waals surface area (Å²) in [6.07, 6.45) is 1.37. The molecule has 4 heterocycles. The molecule has 0 N–H and O–H groups in total. The maximum atomic E-state index is 6.39. The van der Waals surface area contributed by atoms with Crippen LogP contribution in [-0.2, 0) is 9.47 Å². The lowest BCUT2D eigenvalue weighted by molar-refractivity contribution is -0.263. The third-order valence-corrected chi connectivity index (χ3v) is 7.57. The summed E-state index contributed by atoms with van der Waals surface area (Å²) < 4.78 is 12.6. The fourth-order valence-electron chi connectivity index (χ4n) is 5.43. The first-order valence-corrected chi connectivity index (χ1v) is 7.25. The molecule has 4 saturated heterocycles. The molecule has 0 spiro atoms. The molecule has 4 heteroatoms. The normalized spacial score (nSPS) is 74.4. The topological polar surface area (TPSA) is 21.7 Å². The standard InChI is InChI=1S/C12H17NO2S/c1-11-7-5-4-6-8(7)12(2,15-11)14-10(6)16-9(5)13(11)3/h5-10H,4H2,1-3H3. The summed E-state index contributed by atoms with van der Waals surface area (Å²) in [5, 5.41) is 0.631. The summed E-state index contributed by atoms with van der Waals surface area (Å²) in [7, 11) is 2.24. The summed E-state index contributed by atoms with van der Waals surface area (Å²) >= 11 is 2.06. The van der Waals surface area contributed by atoms with E-state index in [4.69, 9.17) is 9.47 Å². The molecule has 2 bridgehead atoms. The van der Waals surface area contributed by atoms with Crippen molar-refractivity contribution in [3.05, 3.63) is 0 Å². The summed E-state index contributed by atoms with van der Waals surface area (Å²) in [5.74, 6) is 2.66. The predicted octanol–water partition coefficient (Wildman–Crippen LogP) is 1.69. The van der Waals surface area contributed by atoms with Crippen LogP contribution in [0.2, 0.25) is 0 Å². The van der Waals surface area contributed by atoms with Gasteiger partial charge in [-0.1, -0.05) is 0 Å². The van der Waals surface area contributed by atoms with Gasteiger partial charge in [0.25, 0.3) is 0 Å². The van der Waals surface area contributed by atoms with Gasteiger partial charge < -0.3 is 9.47 Å². The van der Waals surface area contributed by atoms with Crippen LogP contribution in [0.15, 0.2) is 0 Å². The molecular weight excluding hydrogens is 222 g/mol. The van der Waals surface area contributed by atoms with Gasteiger partial charge in [-0.05, 0) is 33.2 Å². The second kappa shape index (κ2) is 2.22. The number of hydrogen-bond donors (Lipinski definition) is 0. The van der Waals surface area contributed by atoms with Crippen LogP contribution in [0, 0.1) is 23.7 Å². The molecule has 1 saturated carbocycles. The molecule has 0 aromatic rings. The van der Waals surface area contributed by atoms with E-state index in [-0.39, 0.29) is 11.5 Å². The Balaban J connectivity index is 1.80. The largest absolute Gasteiger partial charge is 0.336 e. The molecule has 8 atom stereocenters. The van der Waals surface area contributed by atoms with Crippen molar-refractivity contribution in [2.45, 2.75) is 42.6 Å². The SMILES string of the molecule is CN1C2SC3OC4(C)OC1(C)C1C2CC3C14. The van der Waals surface area contributed by atoms with Crippen LogP contribution in [0.1, 0.15) is 20.3 Å². The minimum Gasteiger partial charge on any atom is -0.336 e. The zero-order valence-corrected chi connectivity index (χ0v) is 10.7. The van der Waals surface area contributed by atoms with E-state index in [0.717, 1.165) is 11.8 Å². The van der Waals surface area contributed by atoms with Crippen LogP contribution in [0.25, 0.3) is 0 Å². The molecule has 1 aliphatic carbocycles. The third kappa shape index (κ3) is 0.664. The van der Waals surface area contributed by atoms with Crippen molar-refractivity contribution in [2.75, 3.05) is 7.05 Å². The summed E-state index contributed by atoms with van der Waals surface area (Å²) in [6, 6.07) is 0.